The van der Waals surface area contributed by atoms with Crippen LogP contribution in [-0.4, -0.2) is 6.21 Å². The van der Waals surface area contributed by atoms with Crippen LogP contribution in [0.3, 0.4) is 0 Å². The molecule has 0 saturated heterocycles. The van der Waals surface area contributed by atoms with E-state index in [-0.39, 0.29) is 12.2 Å². The van der Waals surface area contributed by atoms with Crippen molar-refractivity contribution in [2.24, 2.45) is 5.16 Å². The second kappa shape index (κ2) is 6.09. The number of aryl methyl sites for hydroxylation is 1. The summed E-state index contributed by atoms with van der Waals surface area (Å²) < 4.78 is 26.5. The highest BCUT2D eigenvalue weighted by Gasteiger charge is 2.07. The lowest BCUT2D eigenvalue weighted by molar-refractivity contribution is 0.126. The molecule has 2 nitrogen and oxygen atoms in total. The SMILES string of the molecule is Cc1ccc(C=NOCc2c(F)cccc2F)cc1. The van der Waals surface area contributed by atoms with Gasteiger partial charge in [0.15, 0.2) is 0 Å². The van der Waals surface area contributed by atoms with Crippen LogP contribution in [0.2, 0.25) is 0 Å². The van der Waals surface area contributed by atoms with Gasteiger partial charge in [0.25, 0.3) is 0 Å². The Morgan fingerprint density at radius 3 is 2.32 bits per heavy atom. The van der Waals surface area contributed by atoms with Crippen molar-refractivity contribution >= 4 is 6.21 Å². The van der Waals surface area contributed by atoms with Crippen molar-refractivity contribution in [2.45, 2.75) is 13.5 Å². The highest BCUT2D eigenvalue weighted by molar-refractivity contribution is 5.79. The monoisotopic (exact) mass is 261 g/mol. The molecule has 0 heterocycles. The molecule has 0 bridgehead atoms. The van der Waals surface area contributed by atoms with Gasteiger partial charge in [-0.3, -0.25) is 0 Å². The van der Waals surface area contributed by atoms with Gasteiger partial charge in [0.05, 0.1) is 11.8 Å². The summed E-state index contributed by atoms with van der Waals surface area (Å²) in [6.07, 6.45) is 1.50. The first-order valence-electron chi connectivity index (χ1n) is 5.82. The number of benzene rings is 2. The lowest BCUT2D eigenvalue weighted by Gasteiger charge is -2.02. The van der Waals surface area contributed by atoms with Crippen molar-refractivity contribution in [3.8, 4) is 0 Å². The molecule has 2 aromatic carbocycles. The van der Waals surface area contributed by atoms with E-state index < -0.39 is 11.6 Å². The Bertz CT molecular complexity index is 559. The van der Waals surface area contributed by atoms with E-state index in [2.05, 4.69) is 5.16 Å². The fourth-order valence-electron chi connectivity index (χ4n) is 1.52. The maximum Gasteiger partial charge on any atom is 0.147 e. The molecule has 0 saturated carbocycles. The summed E-state index contributed by atoms with van der Waals surface area (Å²) in [6.45, 7) is 1.75. The lowest BCUT2D eigenvalue weighted by Crippen LogP contribution is -1.96. The number of hydrogen-bond donors (Lipinski definition) is 0. The molecule has 2 aromatic rings. The average molecular weight is 261 g/mol. The minimum Gasteiger partial charge on any atom is -0.391 e. The number of oxime groups is 1. The molecule has 0 aliphatic heterocycles. The Kier molecular flexibility index (Phi) is 4.23. The van der Waals surface area contributed by atoms with Crippen LogP contribution in [0.4, 0.5) is 8.78 Å². The molecule has 0 N–H and O–H groups in total. The van der Waals surface area contributed by atoms with Crippen molar-refractivity contribution in [3.63, 3.8) is 0 Å². The number of rotatable bonds is 4. The van der Waals surface area contributed by atoms with Crippen LogP contribution >= 0.6 is 0 Å². The van der Waals surface area contributed by atoms with Gasteiger partial charge in [-0.15, -0.1) is 0 Å². The van der Waals surface area contributed by atoms with Crippen molar-refractivity contribution in [1.82, 2.24) is 0 Å². The molecule has 0 unspecified atom stereocenters. The third-order valence-electron chi connectivity index (χ3n) is 2.62. The van der Waals surface area contributed by atoms with Crippen LogP contribution in [0.15, 0.2) is 47.6 Å². The summed E-state index contributed by atoms with van der Waals surface area (Å²) >= 11 is 0. The van der Waals surface area contributed by atoms with Gasteiger partial charge in [0.1, 0.15) is 18.2 Å². The molecular weight excluding hydrogens is 248 g/mol. The fraction of sp³-hybridized carbons (Fsp3) is 0.133. The van der Waals surface area contributed by atoms with Crippen molar-refractivity contribution in [1.29, 1.82) is 0 Å². The van der Waals surface area contributed by atoms with Crippen molar-refractivity contribution < 1.29 is 13.6 Å². The molecule has 0 spiro atoms. The number of hydrogen-bond acceptors (Lipinski definition) is 2. The van der Waals surface area contributed by atoms with Gasteiger partial charge in [-0.1, -0.05) is 41.1 Å². The molecule has 19 heavy (non-hydrogen) atoms. The Labute approximate surface area is 110 Å². The molecule has 0 aromatic heterocycles. The number of nitrogens with zero attached hydrogens (tertiary/aromatic N) is 1. The smallest absolute Gasteiger partial charge is 0.147 e. The zero-order valence-electron chi connectivity index (χ0n) is 10.4. The molecule has 0 radical (unpaired) electrons. The average Bonchev–Trinajstić information content (AvgIpc) is 2.39. The lowest BCUT2D eigenvalue weighted by atomic mass is 10.2. The second-order valence-electron chi connectivity index (χ2n) is 4.12. The zero-order valence-corrected chi connectivity index (χ0v) is 10.4. The normalized spacial score (nSPS) is 10.9. The standard InChI is InChI=1S/C15H13F2NO/c1-11-5-7-12(8-6-11)9-18-19-10-13-14(16)3-2-4-15(13)17/h2-9H,10H2,1H3. The van der Waals surface area contributed by atoms with Crippen LogP contribution in [0.5, 0.6) is 0 Å². The molecule has 0 amide bonds. The van der Waals surface area contributed by atoms with Gasteiger partial charge in [-0.05, 0) is 24.6 Å². The van der Waals surface area contributed by atoms with E-state index in [1.165, 1.54) is 24.4 Å². The van der Waals surface area contributed by atoms with Gasteiger partial charge in [-0.25, -0.2) is 8.78 Å². The van der Waals surface area contributed by atoms with Gasteiger partial charge < -0.3 is 4.84 Å². The summed E-state index contributed by atoms with van der Waals surface area (Å²) in [5.74, 6) is -1.27. The summed E-state index contributed by atoms with van der Waals surface area (Å²) in [5.41, 5.74) is 1.88. The number of halogens is 2. The quantitative estimate of drug-likeness (QED) is 0.605. The second-order valence-corrected chi connectivity index (χ2v) is 4.12. The Morgan fingerprint density at radius 1 is 1.05 bits per heavy atom. The van der Waals surface area contributed by atoms with Crippen molar-refractivity contribution in [3.05, 3.63) is 70.8 Å². The Morgan fingerprint density at radius 2 is 1.68 bits per heavy atom. The summed E-state index contributed by atoms with van der Waals surface area (Å²) in [4.78, 5) is 4.90. The Balaban J connectivity index is 1.95. The Hall–Kier alpha value is -2.23. The minimum absolute atomic E-state index is 0.122. The molecule has 98 valence electrons. The molecule has 0 fully saturated rings. The van der Waals surface area contributed by atoms with Gasteiger partial charge in [0.2, 0.25) is 0 Å². The highest BCUT2D eigenvalue weighted by atomic mass is 19.1. The first kappa shape index (κ1) is 13.2. The molecular formula is C15H13F2NO. The summed E-state index contributed by atoms with van der Waals surface area (Å²) in [6, 6.07) is 11.3. The van der Waals surface area contributed by atoms with Gasteiger partial charge in [0, 0.05) is 0 Å². The predicted octanol–water partition coefficient (Wildman–Crippen LogP) is 3.82. The van der Waals surface area contributed by atoms with E-state index in [0.29, 0.717) is 0 Å². The van der Waals surface area contributed by atoms with Gasteiger partial charge >= 0.3 is 0 Å². The maximum absolute atomic E-state index is 13.3. The van der Waals surface area contributed by atoms with E-state index in [4.69, 9.17) is 4.84 Å². The van der Waals surface area contributed by atoms with Crippen LogP contribution in [-0.2, 0) is 11.4 Å². The van der Waals surface area contributed by atoms with E-state index in [1.807, 2.05) is 31.2 Å². The van der Waals surface area contributed by atoms with Gasteiger partial charge in [-0.2, -0.15) is 0 Å². The van der Waals surface area contributed by atoms with E-state index in [9.17, 15) is 8.78 Å². The topological polar surface area (TPSA) is 21.6 Å². The van der Waals surface area contributed by atoms with Crippen LogP contribution in [0, 0.1) is 18.6 Å². The molecule has 0 atom stereocenters. The first-order chi connectivity index (χ1) is 9.16. The fourth-order valence-corrected chi connectivity index (χ4v) is 1.52. The van der Waals surface area contributed by atoms with Crippen LogP contribution in [0.1, 0.15) is 16.7 Å². The van der Waals surface area contributed by atoms with Crippen LogP contribution in [0.25, 0.3) is 0 Å². The van der Waals surface area contributed by atoms with E-state index >= 15 is 0 Å². The minimum atomic E-state index is -0.634. The largest absolute Gasteiger partial charge is 0.391 e. The molecule has 0 aliphatic rings. The zero-order chi connectivity index (χ0) is 13.7. The third kappa shape index (κ3) is 3.61. The summed E-state index contributed by atoms with van der Waals surface area (Å²) in [5, 5.41) is 3.69. The summed E-state index contributed by atoms with van der Waals surface area (Å²) in [7, 11) is 0. The van der Waals surface area contributed by atoms with E-state index in [1.54, 1.807) is 0 Å². The molecule has 2 rings (SSSR count). The first-order valence-corrected chi connectivity index (χ1v) is 5.82. The third-order valence-corrected chi connectivity index (χ3v) is 2.62. The maximum atomic E-state index is 13.3. The predicted molar refractivity (Wildman–Crippen MR) is 69.9 cm³/mol. The highest BCUT2D eigenvalue weighted by Crippen LogP contribution is 2.13. The van der Waals surface area contributed by atoms with Crippen LogP contribution < -0.4 is 0 Å². The molecule has 4 heteroatoms. The van der Waals surface area contributed by atoms with E-state index in [0.717, 1.165) is 11.1 Å². The van der Waals surface area contributed by atoms with Crippen molar-refractivity contribution in [2.75, 3.05) is 0 Å². The molecule has 0 aliphatic carbocycles.